The van der Waals surface area contributed by atoms with Crippen molar-refractivity contribution in [1.29, 1.82) is 0 Å². The van der Waals surface area contributed by atoms with Crippen LogP contribution in [0.5, 0.6) is 0 Å². The van der Waals surface area contributed by atoms with Gasteiger partial charge in [0.05, 0.1) is 0 Å². The van der Waals surface area contributed by atoms with E-state index in [1.54, 1.807) is 0 Å². The summed E-state index contributed by atoms with van der Waals surface area (Å²) in [4.78, 5) is 7.22. The predicted molar refractivity (Wildman–Crippen MR) is 108 cm³/mol. The Bertz CT molecular complexity index is 310. The van der Waals surface area contributed by atoms with Gasteiger partial charge in [-0.2, -0.15) is 0 Å². The van der Waals surface area contributed by atoms with Crippen molar-refractivity contribution in [2.24, 2.45) is 16.8 Å². The van der Waals surface area contributed by atoms with Gasteiger partial charge in [0, 0.05) is 32.7 Å². The topological polar surface area (TPSA) is 39.7 Å². The monoisotopic (exact) mass is 422 g/mol. The minimum absolute atomic E-state index is 0. The summed E-state index contributed by atoms with van der Waals surface area (Å²) in [6, 6.07) is 0. The summed E-state index contributed by atoms with van der Waals surface area (Å²) in [6.07, 6.45) is 5.64. The Labute approximate surface area is 154 Å². The lowest BCUT2D eigenvalue weighted by Crippen LogP contribution is -2.39. The molecule has 1 fully saturated rings. The molecule has 0 radical (unpaired) electrons. The fourth-order valence-electron chi connectivity index (χ4n) is 3.12. The molecule has 130 valence electrons. The van der Waals surface area contributed by atoms with Crippen molar-refractivity contribution in [2.45, 2.75) is 40.0 Å². The van der Waals surface area contributed by atoms with Crippen LogP contribution in [0.15, 0.2) is 17.6 Å². The molecule has 22 heavy (non-hydrogen) atoms. The van der Waals surface area contributed by atoms with E-state index in [2.05, 4.69) is 47.9 Å². The standard InChI is InChI=1S/C17H34N4.HI/c1-5-9-19-17(18-6-2)20-10-7-8-11-21-13-15(3)12-16(4)14-21;/h5,15-16H,1,6-14H2,2-4H3,(H2,18,19,20);1H. The van der Waals surface area contributed by atoms with Gasteiger partial charge in [-0.25, -0.2) is 0 Å². The van der Waals surface area contributed by atoms with E-state index in [1.165, 1.54) is 32.5 Å². The molecule has 0 saturated carbocycles. The van der Waals surface area contributed by atoms with Gasteiger partial charge in [-0.15, -0.1) is 30.6 Å². The third-order valence-corrected chi connectivity index (χ3v) is 3.85. The number of halogens is 1. The number of piperidine rings is 1. The van der Waals surface area contributed by atoms with E-state index in [4.69, 9.17) is 0 Å². The molecule has 0 aliphatic carbocycles. The van der Waals surface area contributed by atoms with Crippen LogP contribution in [0.4, 0.5) is 0 Å². The normalized spacial score (nSPS) is 22.8. The number of nitrogens with one attached hydrogen (secondary N) is 2. The maximum Gasteiger partial charge on any atom is 0.191 e. The summed E-state index contributed by atoms with van der Waals surface area (Å²) >= 11 is 0. The molecule has 0 aromatic rings. The van der Waals surface area contributed by atoms with Crippen LogP contribution >= 0.6 is 24.0 Å². The lowest BCUT2D eigenvalue weighted by molar-refractivity contribution is 0.139. The second-order valence-electron chi connectivity index (χ2n) is 6.34. The molecule has 0 aromatic carbocycles. The van der Waals surface area contributed by atoms with Crippen LogP contribution in [0.3, 0.4) is 0 Å². The lowest BCUT2D eigenvalue weighted by Gasteiger charge is -2.34. The van der Waals surface area contributed by atoms with Crippen LogP contribution in [-0.4, -0.2) is 50.1 Å². The molecule has 1 aliphatic heterocycles. The van der Waals surface area contributed by atoms with Gasteiger partial charge in [0.15, 0.2) is 5.96 Å². The molecular weight excluding hydrogens is 387 g/mol. The van der Waals surface area contributed by atoms with E-state index in [1.807, 2.05) is 6.08 Å². The molecule has 0 aromatic heterocycles. The molecule has 1 heterocycles. The molecule has 1 rings (SSSR count). The van der Waals surface area contributed by atoms with Gasteiger partial charge in [0.25, 0.3) is 0 Å². The molecule has 1 aliphatic rings. The number of hydrogen-bond acceptors (Lipinski definition) is 2. The Hall–Kier alpha value is -0.300. The van der Waals surface area contributed by atoms with Gasteiger partial charge >= 0.3 is 0 Å². The summed E-state index contributed by atoms with van der Waals surface area (Å²) in [5.74, 6) is 2.61. The highest BCUT2D eigenvalue weighted by molar-refractivity contribution is 14.0. The second kappa shape index (κ2) is 13.2. The molecule has 1 saturated heterocycles. The summed E-state index contributed by atoms with van der Waals surface area (Å²) in [5, 5.41) is 6.48. The van der Waals surface area contributed by atoms with E-state index in [-0.39, 0.29) is 24.0 Å². The molecule has 0 spiro atoms. The van der Waals surface area contributed by atoms with Gasteiger partial charge in [0.1, 0.15) is 0 Å². The number of likely N-dealkylation sites (tertiary alicyclic amines) is 1. The minimum atomic E-state index is 0. The minimum Gasteiger partial charge on any atom is -0.357 e. The molecule has 0 bridgehead atoms. The molecular formula is C17H35IN4. The number of nitrogens with zero attached hydrogens (tertiary/aromatic N) is 2. The lowest BCUT2D eigenvalue weighted by atomic mass is 9.92. The van der Waals surface area contributed by atoms with Gasteiger partial charge < -0.3 is 15.5 Å². The Morgan fingerprint density at radius 2 is 1.91 bits per heavy atom. The first-order chi connectivity index (χ1) is 10.2. The molecule has 2 unspecified atom stereocenters. The number of aliphatic imine (C=N–C) groups is 1. The van der Waals surface area contributed by atoms with Crippen molar-refractivity contribution in [3.8, 4) is 0 Å². The maximum absolute atomic E-state index is 4.59. The van der Waals surface area contributed by atoms with E-state index < -0.39 is 0 Å². The van der Waals surface area contributed by atoms with Crippen molar-refractivity contribution >= 4 is 29.9 Å². The van der Waals surface area contributed by atoms with Crippen LogP contribution in [0.2, 0.25) is 0 Å². The van der Waals surface area contributed by atoms with Crippen molar-refractivity contribution in [3.05, 3.63) is 12.7 Å². The zero-order chi connectivity index (χ0) is 15.5. The van der Waals surface area contributed by atoms with Gasteiger partial charge in [0.2, 0.25) is 0 Å². The number of guanidine groups is 1. The van der Waals surface area contributed by atoms with Crippen LogP contribution < -0.4 is 10.6 Å². The first-order valence-corrected chi connectivity index (χ1v) is 8.51. The summed E-state index contributed by atoms with van der Waals surface area (Å²) in [6.45, 7) is 16.9. The average Bonchev–Trinajstić information content (AvgIpc) is 2.43. The Kier molecular flexibility index (Phi) is 13.0. The van der Waals surface area contributed by atoms with Gasteiger partial charge in [-0.3, -0.25) is 4.99 Å². The number of rotatable bonds is 8. The van der Waals surface area contributed by atoms with Gasteiger partial charge in [-0.05, 0) is 44.6 Å². The van der Waals surface area contributed by atoms with Crippen LogP contribution in [0.25, 0.3) is 0 Å². The second-order valence-corrected chi connectivity index (χ2v) is 6.34. The summed E-state index contributed by atoms with van der Waals surface area (Å²) < 4.78 is 0. The summed E-state index contributed by atoms with van der Waals surface area (Å²) in [5.41, 5.74) is 0. The molecule has 5 heteroatoms. The van der Waals surface area contributed by atoms with E-state index >= 15 is 0 Å². The third kappa shape index (κ3) is 9.66. The third-order valence-electron chi connectivity index (χ3n) is 3.85. The largest absolute Gasteiger partial charge is 0.357 e. The van der Waals surface area contributed by atoms with Crippen molar-refractivity contribution in [2.75, 3.05) is 39.3 Å². The molecule has 2 atom stereocenters. The Morgan fingerprint density at radius 3 is 2.50 bits per heavy atom. The fourth-order valence-corrected chi connectivity index (χ4v) is 3.12. The number of hydrogen-bond donors (Lipinski definition) is 2. The maximum atomic E-state index is 4.59. The zero-order valence-electron chi connectivity index (χ0n) is 14.6. The van der Waals surface area contributed by atoms with Crippen LogP contribution in [0.1, 0.15) is 40.0 Å². The van der Waals surface area contributed by atoms with Crippen LogP contribution in [0, 0.1) is 11.8 Å². The molecule has 4 nitrogen and oxygen atoms in total. The van der Waals surface area contributed by atoms with E-state index in [0.717, 1.165) is 43.9 Å². The summed E-state index contributed by atoms with van der Waals surface area (Å²) in [7, 11) is 0. The smallest absolute Gasteiger partial charge is 0.191 e. The predicted octanol–water partition coefficient (Wildman–Crippen LogP) is 3.10. The highest BCUT2D eigenvalue weighted by Gasteiger charge is 2.20. The fraction of sp³-hybridized carbons (Fsp3) is 0.824. The van der Waals surface area contributed by atoms with E-state index in [9.17, 15) is 0 Å². The highest BCUT2D eigenvalue weighted by Crippen LogP contribution is 2.20. The average molecular weight is 422 g/mol. The first-order valence-electron chi connectivity index (χ1n) is 8.51. The van der Waals surface area contributed by atoms with E-state index in [0.29, 0.717) is 0 Å². The van der Waals surface area contributed by atoms with Crippen molar-refractivity contribution < 1.29 is 0 Å². The van der Waals surface area contributed by atoms with Crippen molar-refractivity contribution in [3.63, 3.8) is 0 Å². The SMILES string of the molecule is C=CCNC(=NCCCCN1CC(C)CC(C)C1)NCC.I. The quantitative estimate of drug-likeness (QED) is 0.208. The Morgan fingerprint density at radius 1 is 1.23 bits per heavy atom. The van der Waals surface area contributed by atoms with Crippen LogP contribution in [-0.2, 0) is 0 Å². The Balaban J connectivity index is 0.00000441. The van der Waals surface area contributed by atoms with Gasteiger partial charge in [-0.1, -0.05) is 19.9 Å². The zero-order valence-corrected chi connectivity index (χ0v) is 16.9. The number of unbranched alkanes of at least 4 members (excludes halogenated alkanes) is 1. The first kappa shape index (κ1) is 21.7. The highest BCUT2D eigenvalue weighted by atomic mass is 127. The molecule has 2 N–H and O–H groups in total. The van der Waals surface area contributed by atoms with Crippen molar-refractivity contribution in [1.82, 2.24) is 15.5 Å². The molecule has 0 amide bonds.